The van der Waals surface area contributed by atoms with E-state index in [1.807, 2.05) is 37.1 Å². The molecule has 1 fully saturated rings. The maximum Gasteiger partial charge on any atom is 0.438 e. The molecule has 9 nitrogen and oxygen atoms in total. The summed E-state index contributed by atoms with van der Waals surface area (Å²) in [6.07, 6.45) is 4.49. The topological polar surface area (TPSA) is 98.5 Å². The number of aromatic amines is 1. The molecule has 4 heterocycles. The molecule has 5 rings (SSSR count). The number of nitrogens with one attached hydrogen (secondary N) is 2. The van der Waals surface area contributed by atoms with Gasteiger partial charge in [0.1, 0.15) is 11.5 Å². The highest BCUT2D eigenvalue weighted by molar-refractivity contribution is 5.93. The van der Waals surface area contributed by atoms with Crippen molar-refractivity contribution >= 4 is 16.7 Å². The predicted molar refractivity (Wildman–Crippen MR) is 119 cm³/mol. The number of nitrogens with zero attached hydrogens (tertiary/aromatic N) is 6. The highest BCUT2D eigenvalue weighted by Gasteiger charge is 2.38. The number of rotatable bonds is 6. The first-order chi connectivity index (χ1) is 16.3. The summed E-state index contributed by atoms with van der Waals surface area (Å²) < 4.78 is 48.8. The van der Waals surface area contributed by atoms with Crippen LogP contribution in [0.2, 0.25) is 0 Å². The molecule has 1 saturated carbocycles. The summed E-state index contributed by atoms with van der Waals surface area (Å²) in [7, 11) is 1.86. The molecule has 12 heteroatoms. The molecule has 0 atom stereocenters. The lowest BCUT2D eigenvalue weighted by molar-refractivity contribution is -0.143. The zero-order valence-corrected chi connectivity index (χ0v) is 18.8. The molecule has 1 aliphatic rings. The second kappa shape index (κ2) is 8.65. The molecule has 0 unspecified atom stereocenters. The minimum Gasteiger partial charge on any atom is -0.486 e. The lowest BCUT2D eigenvalue weighted by atomic mass is 9.93. The Morgan fingerprint density at radius 1 is 1.21 bits per heavy atom. The SMILES string of the molecule is CCNc1cc2c(cn1)c(-c1cnn(C)c1)nn2C1CCC(Oc2c[nH]nc2C(F)(F)F)CC1. The molecule has 0 aliphatic heterocycles. The van der Waals surface area contributed by atoms with E-state index in [0.29, 0.717) is 12.8 Å². The molecule has 180 valence electrons. The van der Waals surface area contributed by atoms with Crippen LogP contribution in [0.1, 0.15) is 44.3 Å². The number of hydrogen-bond donors (Lipinski definition) is 2. The Morgan fingerprint density at radius 2 is 2.00 bits per heavy atom. The molecule has 2 N–H and O–H groups in total. The summed E-state index contributed by atoms with van der Waals surface area (Å²) in [5, 5.41) is 18.9. The molecule has 4 aromatic rings. The van der Waals surface area contributed by atoms with Gasteiger partial charge in [0.25, 0.3) is 0 Å². The number of halogens is 3. The van der Waals surface area contributed by atoms with Gasteiger partial charge in [-0.3, -0.25) is 14.5 Å². The Morgan fingerprint density at radius 3 is 2.68 bits per heavy atom. The number of ether oxygens (including phenoxy) is 1. The van der Waals surface area contributed by atoms with Crippen molar-refractivity contribution in [3.8, 4) is 17.0 Å². The van der Waals surface area contributed by atoms with Crippen LogP contribution in [0.3, 0.4) is 0 Å². The van der Waals surface area contributed by atoms with E-state index >= 15 is 0 Å². The molecule has 34 heavy (non-hydrogen) atoms. The summed E-state index contributed by atoms with van der Waals surface area (Å²) in [6.45, 7) is 2.76. The van der Waals surface area contributed by atoms with Crippen molar-refractivity contribution in [2.45, 2.75) is 50.9 Å². The van der Waals surface area contributed by atoms with Crippen LogP contribution in [0.15, 0.2) is 30.9 Å². The first-order valence-corrected chi connectivity index (χ1v) is 11.2. The molecule has 0 saturated heterocycles. The quantitative estimate of drug-likeness (QED) is 0.425. The molecule has 0 radical (unpaired) electrons. The van der Waals surface area contributed by atoms with Gasteiger partial charge in [-0.05, 0) is 32.6 Å². The van der Waals surface area contributed by atoms with Gasteiger partial charge in [0, 0.05) is 43.0 Å². The molecular weight excluding hydrogens is 449 g/mol. The van der Waals surface area contributed by atoms with Crippen LogP contribution in [0, 0.1) is 0 Å². The van der Waals surface area contributed by atoms with Gasteiger partial charge in [0.05, 0.1) is 30.1 Å². The molecular formula is C22H25F3N8O. The lowest BCUT2D eigenvalue weighted by Gasteiger charge is -2.29. The van der Waals surface area contributed by atoms with E-state index in [9.17, 15) is 13.2 Å². The fourth-order valence-corrected chi connectivity index (χ4v) is 4.50. The van der Waals surface area contributed by atoms with Crippen LogP contribution >= 0.6 is 0 Å². The zero-order valence-electron chi connectivity index (χ0n) is 18.8. The van der Waals surface area contributed by atoms with E-state index in [4.69, 9.17) is 9.84 Å². The molecule has 0 bridgehead atoms. The smallest absolute Gasteiger partial charge is 0.438 e. The first-order valence-electron chi connectivity index (χ1n) is 11.2. The van der Waals surface area contributed by atoms with E-state index < -0.39 is 11.9 Å². The fraction of sp³-hybridized carbons (Fsp3) is 0.455. The van der Waals surface area contributed by atoms with Crippen molar-refractivity contribution in [1.29, 1.82) is 0 Å². The van der Waals surface area contributed by atoms with Gasteiger partial charge >= 0.3 is 6.18 Å². The Labute approximate surface area is 193 Å². The van der Waals surface area contributed by atoms with Crippen LogP contribution in [-0.2, 0) is 13.2 Å². The molecule has 0 aromatic carbocycles. The van der Waals surface area contributed by atoms with E-state index in [2.05, 4.69) is 25.6 Å². The van der Waals surface area contributed by atoms with Crippen LogP contribution in [0.5, 0.6) is 5.75 Å². The monoisotopic (exact) mass is 474 g/mol. The summed E-state index contributed by atoms with van der Waals surface area (Å²) in [4.78, 5) is 4.52. The standard InChI is InChI=1S/C22H25F3N8O/c1-3-26-19-8-17-16(10-27-19)20(13-9-29-32(2)12-13)31-33(17)14-4-6-15(7-5-14)34-18-11-28-30-21(18)22(23,24)25/h8-12,14-15H,3-7H2,1-2H3,(H,26,27)(H,28,30). The van der Waals surface area contributed by atoms with Gasteiger partial charge in [0.15, 0.2) is 5.75 Å². The van der Waals surface area contributed by atoms with Crippen LogP contribution < -0.4 is 10.1 Å². The average molecular weight is 474 g/mol. The summed E-state index contributed by atoms with van der Waals surface area (Å²) in [5.41, 5.74) is 1.66. The van der Waals surface area contributed by atoms with Gasteiger partial charge in [0.2, 0.25) is 5.69 Å². The predicted octanol–water partition coefficient (Wildman–Crippen LogP) is 4.57. The summed E-state index contributed by atoms with van der Waals surface area (Å²) in [6, 6.07) is 2.09. The molecule has 1 aliphatic carbocycles. The van der Waals surface area contributed by atoms with Gasteiger partial charge < -0.3 is 10.1 Å². The van der Waals surface area contributed by atoms with Crippen molar-refractivity contribution in [3.05, 3.63) is 36.5 Å². The van der Waals surface area contributed by atoms with Crippen molar-refractivity contribution in [1.82, 2.24) is 34.7 Å². The summed E-state index contributed by atoms with van der Waals surface area (Å²) >= 11 is 0. The molecule has 0 amide bonds. The largest absolute Gasteiger partial charge is 0.486 e. The van der Waals surface area contributed by atoms with Gasteiger partial charge in [-0.1, -0.05) is 0 Å². The second-order valence-electron chi connectivity index (χ2n) is 8.46. The number of aromatic nitrogens is 7. The summed E-state index contributed by atoms with van der Waals surface area (Å²) in [5.74, 6) is 0.520. The molecule has 0 spiro atoms. The van der Waals surface area contributed by atoms with Gasteiger partial charge in [-0.15, -0.1) is 0 Å². The van der Waals surface area contributed by atoms with Gasteiger partial charge in [-0.25, -0.2) is 4.98 Å². The average Bonchev–Trinajstić information content (AvgIpc) is 3.52. The highest BCUT2D eigenvalue weighted by atomic mass is 19.4. The number of aryl methyl sites for hydroxylation is 1. The molecule has 4 aromatic heterocycles. The number of alkyl halides is 3. The lowest BCUT2D eigenvalue weighted by Crippen LogP contribution is -2.27. The third-order valence-corrected chi connectivity index (χ3v) is 6.09. The minimum atomic E-state index is -4.55. The Hall–Kier alpha value is -3.57. The Balaban J connectivity index is 1.39. The van der Waals surface area contributed by atoms with Crippen LogP contribution in [0.25, 0.3) is 22.2 Å². The van der Waals surface area contributed by atoms with E-state index in [1.165, 1.54) is 0 Å². The number of hydrogen-bond acceptors (Lipinski definition) is 6. The van der Waals surface area contributed by atoms with Crippen molar-refractivity contribution in [3.63, 3.8) is 0 Å². The maximum atomic E-state index is 13.1. The Bertz CT molecular complexity index is 1280. The second-order valence-corrected chi connectivity index (χ2v) is 8.46. The van der Waals surface area contributed by atoms with Crippen LogP contribution in [-0.4, -0.2) is 47.4 Å². The van der Waals surface area contributed by atoms with E-state index in [-0.39, 0.29) is 17.9 Å². The maximum absolute atomic E-state index is 13.1. The van der Waals surface area contributed by atoms with E-state index in [1.54, 1.807) is 10.9 Å². The van der Waals surface area contributed by atoms with Crippen LogP contribution in [0.4, 0.5) is 19.0 Å². The number of pyridine rings is 1. The number of anilines is 1. The number of fused-ring (bicyclic) bond motifs is 1. The highest BCUT2D eigenvalue weighted by Crippen LogP contribution is 2.39. The zero-order chi connectivity index (χ0) is 23.9. The third-order valence-electron chi connectivity index (χ3n) is 6.09. The normalized spacial score (nSPS) is 19.0. The first kappa shape index (κ1) is 22.2. The van der Waals surface area contributed by atoms with Crippen molar-refractivity contribution in [2.75, 3.05) is 11.9 Å². The van der Waals surface area contributed by atoms with Crippen molar-refractivity contribution < 1.29 is 17.9 Å². The third kappa shape index (κ3) is 4.19. The van der Waals surface area contributed by atoms with Gasteiger partial charge in [-0.2, -0.15) is 28.5 Å². The fourth-order valence-electron chi connectivity index (χ4n) is 4.50. The minimum absolute atomic E-state index is 0.0936. The Kier molecular flexibility index (Phi) is 5.66. The number of H-pyrrole nitrogens is 1. The van der Waals surface area contributed by atoms with Crippen molar-refractivity contribution in [2.24, 2.45) is 7.05 Å². The van der Waals surface area contributed by atoms with E-state index in [0.717, 1.165) is 53.6 Å².